The van der Waals surface area contributed by atoms with Crippen molar-refractivity contribution < 1.29 is 14.6 Å². The Morgan fingerprint density at radius 3 is 2.86 bits per heavy atom. The van der Waals surface area contributed by atoms with Crippen molar-refractivity contribution in [1.29, 1.82) is 0 Å². The number of fused-ring (bicyclic) bond motifs is 3. The number of hydrogen-bond acceptors (Lipinski definition) is 3. The van der Waals surface area contributed by atoms with Crippen LogP contribution in [0.15, 0.2) is 0 Å². The summed E-state index contributed by atoms with van der Waals surface area (Å²) in [7, 11) is 0. The Morgan fingerprint density at radius 2 is 2.36 bits per heavy atom. The molecule has 2 bridgehead atoms. The van der Waals surface area contributed by atoms with E-state index in [-0.39, 0.29) is 24.2 Å². The lowest BCUT2D eigenvalue weighted by Crippen LogP contribution is -2.56. The van der Waals surface area contributed by atoms with Gasteiger partial charge in [-0.2, -0.15) is 0 Å². The summed E-state index contributed by atoms with van der Waals surface area (Å²) in [6.07, 6.45) is 2.36. The van der Waals surface area contributed by atoms with Crippen LogP contribution in [0.25, 0.3) is 0 Å². The number of rotatable bonds is 1. The standard InChI is InChI=1S/C10H17NO3/c1-2-14-10(13)11-6-7-3-4-8(11)5-9(7)12/h7-9,12H,2-6H2,1H3/t7-,8+,9-/m1/s1. The normalized spacial score (nSPS) is 35.9. The second kappa shape index (κ2) is 3.77. The zero-order valence-electron chi connectivity index (χ0n) is 8.48. The molecule has 4 nitrogen and oxygen atoms in total. The van der Waals surface area contributed by atoms with Gasteiger partial charge in [-0.3, -0.25) is 0 Å². The molecule has 3 aliphatic rings. The predicted octanol–water partition coefficient (Wildman–Crippen LogP) is 0.988. The SMILES string of the molecule is CCOC(=O)N1C[C@H]2CC[C@H]1C[C@H]2O. The number of hydrogen-bond donors (Lipinski definition) is 1. The number of carbonyl (C=O) groups excluding carboxylic acids is 1. The van der Waals surface area contributed by atoms with Crippen LogP contribution in [-0.2, 0) is 4.74 Å². The van der Waals surface area contributed by atoms with E-state index in [0.717, 1.165) is 19.3 Å². The molecule has 0 aromatic rings. The molecule has 2 heterocycles. The maximum atomic E-state index is 11.5. The minimum Gasteiger partial charge on any atom is -0.450 e. The average molecular weight is 199 g/mol. The van der Waals surface area contributed by atoms with Crippen LogP contribution in [0.2, 0.25) is 0 Å². The van der Waals surface area contributed by atoms with Crippen LogP contribution in [0.5, 0.6) is 0 Å². The van der Waals surface area contributed by atoms with Gasteiger partial charge in [0.05, 0.1) is 12.7 Å². The molecule has 0 unspecified atom stereocenters. The summed E-state index contributed by atoms with van der Waals surface area (Å²) in [5.41, 5.74) is 0. The lowest BCUT2D eigenvalue weighted by Gasteiger charge is -2.46. The minimum absolute atomic E-state index is 0.203. The number of aliphatic hydroxyl groups is 1. The summed E-state index contributed by atoms with van der Waals surface area (Å²) < 4.78 is 4.97. The molecule has 3 fully saturated rings. The molecule has 80 valence electrons. The molecule has 14 heavy (non-hydrogen) atoms. The fourth-order valence-corrected chi connectivity index (χ4v) is 2.52. The first kappa shape index (κ1) is 9.77. The van der Waals surface area contributed by atoms with Gasteiger partial charge in [0.25, 0.3) is 0 Å². The fourth-order valence-electron chi connectivity index (χ4n) is 2.52. The van der Waals surface area contributed by atoms with Gasteiger partial charge in [0, 0.05) is 18.5 Å². The Balaban J connectivity index is 1.99. The van der Waals surface area contributed by atoms with Gasteiger partial charge >= 0.3 is 6.09 Å². The van der Waals surface area contributed by atoms with Gasteiger partial charge in [0.1, 0.15) is 0 Å². The lowest BCUT2D eigenvalue weighted by atomic mass is 9.78. The molecule has 4 heteroatoms. The number of nitrogens with zero attached hydrogens (tertiary/aromatic N) is 1. The van der Waals surface area contributed by atoms with Crippen molar-refractivity contribution in [3.05, 3.63) is 0 Å². The van der Waals surface area contributed by atoms with Crippen LogP contribution in [0, 0.1) is 5.92 Å². The van der Waals surface area contributed by atoms with Crippen molar-refractivity contribution in [1.82, 2.24) is 4.90 Å². The Bertz CT molecular complexity index is 231. The highest BCUT2D eigenvalue weighted by Crippen LogP contribution is 2.35. The van der Waals surface area contributed by atoms with E-state index in [4.69, 9.17) is 4.74 Å². The predicted molar refractivity (Wildman–Crippen MR) is 50.9 cm³/mol. The third-order valence-corrected chi connectivity index (χ3v) is 3.30. The monoisotopic (exact) mass is 199 g/mol. The second-order valence-corrected chi connectivity index (χ2v) is 4.15. The molecule has 2 saturated heterocycles. The number of ether oxygens (including phenoxy) is 1. The Morgan fingerprint density at radius 1 is 1.57 bits per heavy atom. The van der Waals surface area contributed by atoms with Gasteiger partial charge < -0.3 is 14.7 Å². The van der Waals surface area contributed by atoms with E-state index in [0.29, 0.717) is 13.2 Å². The first-order chi connectivity index (χ1) is 6.72. The van der Waals surface area contributed by atoms with Gasteiger partial charge in [-0.25, -0.2) is 4.79 Å². The highest BCUT2D eigenvalue weighted by Gasteiger charge is 2.42. The first-order valence-corrected chi connectivity index (χ1v) is 5.33. The van der Waals surface area contributed by atoms with Crippen LogP contribution in [-0.4, -0.2) is 41.4 Å². The molecule has 1 aliphatic carbocycles. The van der Waals surface area contributed by atoms with Crippen molar-refractivity contribution >= 4 is 6.09 Å². The number of amides is 1. The smallest absolute Gasteiger partial charge is 0.410 e. The molecule has 0 aromatic heterocycles. The summed E-state index contributed by atoms with van der Waals surface area (Å²) in [6, 6.07) is 0.203. The highest BCUT2D eigenvalue weighted by molar-refractivity contribution is 5.68. The molecule has 1 N–H and O–H groups in total. The first-order valence-electron chi connectivity index (χ1n) is 5.33. The third-order valence-electron chi connectivity index (χ3n) is 3.30. The van der Waals surface area contributed by atoms with Crippen molar-refractivity contribution in [3.63, 3.8) is 0 Å². The van der Waals surface area contributed by atoms with Crippen LogP contribution in [0.3, 0.4) is 0 Å². The van der Waals surface area contributed by atoms with Crippen molar-refractivity contribution in [2.45, 2.75) is 38.3 Å². The Kier molecular flexibility index (Phi) is 2.63. The van der Waals surface area contributed by atoms with Gasteiger partial charge in [-0.15, -0.1) is 0 Å². The zero-order valence-corrected chi connectivity index (χ0v) is 8.48. The summed E-state index contributed by atoms with van der Waals surface area (Å²) in [5.74, 6) is 0.268. The lowest BCUT2D eigenvalue weighted by molar-refractivity contribution is -0.0440. The van der Waals surface area contributed by atoms with E-state index in [9.17, 15) is 9.90 Å². The molecule has 1 amide bonds. The molecular weight excluding hydrogens is 182 g/mol. The summed E-state index contributed by atoms with van der Waals surface area (Å²) in [6.45, 7) is 2.91. The molecule has 2 aliphatic heterocycles. The van der Waals surface area contributed by atoms with E-state index >= 15 is 0 Å². The van der Waals surface area contributed by atoms with E-state index < -0.39 is 0 Å². The van der Waals surface area contributed by atoms with Crippen LogP contribution < -0.4 is 0 Å². The quantitative estimate of drug-likeness (QED) is 0.685. The number of carbonyl (C=O) groups is 1. The molecule has 0 aromatic carbocycles. The summed E-state index contributed by atoms with van der Waals surface area (Å²) in [5, 5.41) is 9.65. The number of piperidine rings is 2. The topological polar surface area (TPSA) is 49.8 Å². The van der Waals surface area contributed by atoms with E-state index in [1.54, 1.807) is 4.90 Å². The van der Waals surface area contributed by atoms with Gasteiger partial charge in [0.15, 0.2) is 0 Å². The van der Waals surface area contributed by atoms with Crippen molar-refractivity contribution in [3.8, 4) is 0 Å². The second-order valence-electron chi connectivity index (χ2n) is 4.15. The average Bonchev–Trinajstić information content (AvgIpc) is 2.18. The Labute approximate surface area is 83.8 Å². The summed E-state index contributed by atoms with van der Waals surface area (Å²) in [4.78, 5) is 13.3. The van der Waals surface area contributed by atoms with E-state index in [1.165, 1.54) is 0 Å². The van der Waals surface area contributed by atoms with Crippen molar-refractivity contribution in [2.75, 3.05) is 13.2 Å². The van der Waals surface area contributed by atoms with Crippen molar-refractivity contribution in [2.24, 2.45) is 5.92 Å². The number of aliphatic hydroxyl groups excluding tert-OH is 1. The fraction of sp³-hybridized carbons (Fsp3) is 0.900. The largest absolute Gasteiger partial charge is 0.450 e. The third kappa shape index (κ3) is 1.59. The Hall–Kier alpha value is -0.770. The minimum atomic E-state index is -0.214. The molecule has 0 radical (unpaired) electrons. The maximum absolute atomic E-state index is 11.5. The highest BCUT2D eigenvalue weighted by atomic mass is 16.6. The van der Waals surface area contributed by atoms with Gasteiger partial charge in [-0.1, -0.05) is 0 Å². The molecular formula is C10H17NO3. The maximum Gasteiger partial charge on any atom is 0.410 e. The van der Waals surface area contributed by atoms with Crippen LogP contribution >= 0.6 is 0 Å². The van der Waals surface area contributed by atoms with Crippen LogP contribution in [0.1, 0.15) is 26.2 Å². The van der Waals surface area contributed by atoms with E-state index in [2.05, 4.69) is 0 Å². The van der Waals surface area contributed by atoms with Gasteiger partial charge in [-0.05, 0) is 26.2 Å². The molecule has 3 atom stereocenters. The molecule has 0 spiro atoms. The van der Waals surface area contributed by atoms with E-state index in [1.807, 2.05) is 6.92 Å². The van der Waals surface area contributed by atoms with Gasteiger partial charge in [0.2, 0.25) is 0 Å². The molecule has 1 saturated carbocycles. The molecule has 3 rings (SSSR count). The summed E-state index contributed by atoms with van der Waals surface area (Å²) >= 11 is 0. The zero-order chi connectivity index (χ0) is 10.1. The van der Waals surface area contributed by atoms with Crippen LogP contribution in [0.4, 0.5) is 4.79 Å².